The third-order valence-corrected chi connectivity index (χ3v) is 2.80. The molecule has 0 fully saturated rings. The first kappa shape index (κ1) is 17.5. The molecule has 1 amide bonds. The van der Waals surface area contributed by atoms with Gasteiger partial charge in [-0.05, 0) is 33.3 Å². The first-order chi connectivity index (χ1) is 9.78. The molecule has 0 aromatic heterocycles. The van der Waals surface area contributed by atoms with Crippen LogP contribution in [0.25, 0.3) is 0 Å². The predicted octanol–water partition coefficient (Wildman–Crippen LogP) is 2.22. The average molecular weight is 294 g/mol. The Labute approximate surface area is 126 Å². The van der Waals surface area contributed by atoms with E-state index in [-0.39, 0.29) is 6.04 Å². The average Bonchev–Trinajstić information content (AvgIpc) is 2.41. The maximum atomic E-state index is 11.5. The molecule has 0 saturated heterocycles. The number of hydrogen-bond acceptors (Lipinski definition) is 4. The number of ether oxygens (including phenoxy) is 1. The summed E-state index contributed by atoms with van der Waals surface area (Å²) in [6.07, 6.45) is -0.991. The molecule has 0 saturated carbocycles. The summed E-state index contributed by atoms with van der Waals surface area (Å²) >= 11 is 0. The zero-order valence-corrected chi connectivity index (χ0v) is 13.2. The number of nitrogens with one attached hydrogen (secondary N) is 2. The summed E-state index contributed by atoms with van der Waals surface area (Å²) in [7, 11) is 0. The molecule has 2 atom stereocenters. The molecule has 0 radical (unpaired) electrons. The first-order valence-corrected chi connectivity index (χ1v) is 7.21. The highest BCUT2D eigenvalue weighted by Crippen LogP contribution is 2.10. The fourth-order valence-corrected chi connectivity index (χ4v) is 1.73. The summed E-state index contributed by atoms with van der Waals surface area (Å²) < 4.78 is 5.16. The van der Waals surface area contributed by atoms with E-state index < -0.39 is 17.8 Å². The Morgan fingerprint density at radius 2 is 1.86 bits per heavy atom. The Morgan fingerprint density at radius 3 is 2.43 bits per heavy atom. The number of alkyl carbamates (subject to hydrolysis) is 1. The lowest BCUT2D eigenvalue weighted by atomic mass is 10.1. The van der Waals surface area contributed by atoms with Gasteiger partial charge < -0.3 is 20.5 Å². The smallest absolute Gasteiger partial charge is 0.407 e. The van der Waals surface area contributed by atoms with E-state index in [0.717, 1.165) is 5.56 Å². The van der Waals surface area contributed by atoms with Crippen LogP contribution in [0.3, 0.4) is 0 Å². The molecule has 1 rings (SSSR count). The molecule has 0 heterocycles. The summed E-state index contributed by atoms with van der Waals surface area (Å²) in [6.45, 7) is 8.28. The van der Waals surface area contributed by atoms with Crippen LogP contribution >= 0.6 is 0 Å². The van der Waals surface area contributed by atoms with Crippen molar-refractivity contribution in [3.8, 4) is 0 Å². The van der Waals surface area contributed by atoms with Crippen LogP contribution in [0.4, 0.5) is 4.79 Å². The first-order valence-electron chi connectivity index (χ1n) is 7.21. The van der Waals surface area contributed by atoms with Crippen molar-refractivity contribution in [2.75, 3.05) is 13.1 Å². The van der Waals surface area contributed by atoms with Crippen LogP contribution < -0.4 is 10.6 Å². The van der Waals surface area contributed by atoms with Crippen LogP contribution in [0.5, 0.6) is 0 Å². The van der Waals surface area contributed by atoms with Crippen molar-refractivity contribution < 1.29 is 14.6 Å². The quantitative estimate of drug-likeness (QED) is 0.752. The molecule has 118 valence electrons. The van der Waals surface area contributed by atoms with Crippen molar-refractivity contribution in [1.82, 2.24) is 10.6 Å². The molecule has 0 aliphatic carbocycles. The second kappa shape index (κ2) is 8.00. The minimum absolute atomic E-state index is 0.0379. The number of amides is 1. The third-order valence-electron chi connectivity index (χ3n) is 2.80. The van der Waals surface area contributed by atoms with Crippen molar-refractivity contribution in [1.29, 1.82) is 0 Å². The second-order valence-electron chi connectivity index (χ2n) is 6.12. The number of aliphatic hydroxyl groups excluding tert-OH is 1. The fourth-order valence-electron chi connectivity index (χ4n) is 1.73. The number of hydrogen-bond donors (Lipinski definition) is 3. The Balaban J connectivity index is 2.25. The van der Waals surface area contributed by atoms with Gasteiger partial charge in [0.15, 0.2) is 0 Å². The summed E-state index contributed by atoms with van der Waals surface area (Å²) in [5.41, 5.74) is 0.377. The summed E-state index contributed by atoms with van der Waals surface area (Å²) in [4.78, 5) is 11.5. The topological polar surface area (TPSA) is 70.6 Å². The molecule has 21 heavy (non-hydrogen) atoms. The molecule has 5 heteroatoms. The van der Waals surface area contributed by atoms with Gasteiger partial charge in [0.25, 0.3) is 0 Å². The van der Waals surface area contributed by atoms with Crippen LogP contribution in [-0.4, -0.2) is 35.9 Å². The largest absolute Gasteiger partial charge is 0.444 e. The van der Waals surface area contributed by atoms with E-state index in [4.69, 9.17) is 4.74 Å². The van der Waals surface area contributed by atoms with Gasteiger partial charge in [-0.3, -0.25) is 0 Å². The molecular formula is C16H26N2O3. The Kier molecular flexibility index (Phi) is 6.65. The maximum Gasteiger partial charge on any atom is 0.407 e. The Morgan fingerprint density at radius 1 is 1.24 bits per heavy atom. The van der Waals surface area contributed by atoms with Gasteiger partial charge in [-0.2, -0.15) is 0 Å². The second-order valence-corrected chi connectivity index (χ2v) is 6.12. The SMILES string of the molecule is CC(CNC(=O)OC(C)(C)C)NCC(O)c1ccccc1. The number of carbonyl (C=O) groups is 1. The van der Waals surface area contributed by atoms with E-state index in [1.807, 2.05) is 58.0 Å². The van der Waals surface area contributed by atoms with E-state index in [0.29, 0.717) is 13.1 Å². The molecule has 3 N–H and O–H groups in total. The van der Waals surface area contributed by atoms with E-state index in [1.165, 1.54) is 0 Å². The third kappa shape index (κ3) is 7.68. The van der Waals surface area contributed by atoms with Gasteiger partial charge in [0.1, 0.15) is 5.60 Å². The van der Waals surface area contributed by atoms with E-state index in [2.05, 4.69) is 10.6 Å². The lowest BCUT2D eigenvalue weighted by molar-refractivity contribution is 0.0522. The van der Waals surface area contributed by atoms with Gasteiger partial charge in [-0.25, -0.2) is 4.79 Å². The number of aliphatic hydroxyl groups is 1. The molecule has 2 unspecified atom stereocenters. The van der Waals surface area contributed by atoms with E-state index >= 15 is 0 Å². The molecule has 0 bridgehead atoms. The van der Waals surface area contributed by atoms with Crippen molar-refractivity contribution in [3.63, 3.8) is 0 Å². The number of carbonyl (C=O) groups excluding carboxylic acids is 1. The van der Waals surface area contributed by atoms with Crippen LogP contribution in [0.1, 0.15) is 39.4 Å². The zero-order chi connectivity index (χ0) is 15.9. The minimum atomic E-state index is -0.560. The van der Waals surface area contributed by atoms with Crippen LogP contribution in [0, 0.1) is 0 Å². The van der Waals surface area contributed by atoms with Crippen molar-refractivity contribution in [2.45, 2.75) is 45.4 Å². The summed E-state index contributed by atoms with van der Waals surface area (Å²) in [5.74, 6) is 0. The normalized spacial score (nSPS) is 14.3. The fraction of sp³-hybridized carbons (Fsp3) is 0.562. The van der Waals surface area contributed by atoms with E-state index in [9.17, 15) is 9.90 Å². The highest BCUT2D eigenvalue weighted by atomic mass is 16.6. The van der Waals surface area contributed by atoms with Crippen molar-refractivity contribution >= 4 is 6.09 Å². The number of benzene rings is 1. The Hall–Kier alpha value is -1.59. The molecule has 0 aliphatic rings. The highest BCUT2D eigenvalue weighted by molar-refractivity contribution is 5.67. The molecule has 1 aromatic carbocycles. The van der Waals surface area contributed by atoms with Gasteiger partial charge in [0.2, 0.25) is 0 Å². The maximum absolute atomic E-state index is 11.5. The van der Waals surface area contributed by atoms with Crippen LogP contribution in [-0.2, 0) is 4.74 Å². The van der Waals surface area contributed by atoms with Crippen LogP contribution in [0.15, 0.2) is 30.3 Å². The van der Waals surface area contributed by atoms with Gasteiger partial charge in [0, 0.05) is 19.1 Å². The van der Waals surface area contributed by atoms with Crippen LogP contribution in [0.2, 0.25) is 0 Å². The molecule has 5 nitrogen and oxygen atoms in total. The summed E-state index contributed by atoms with van der Waals surface area (Å²) in [6, 6.07) is 9.51. The highest BCUT2D eigenvalue weighted by Gasteiger charge is 2.16. The molecule has 1 aromatic rings. The monoisotopic (exact) mass is 294 g/mol. The lowest BCUT2D eigenvalue weighted by Gasteiger charge is -2.21. The minimum Gasteiger partial charge on any atom is -0.444 e. The van der Waals surface area contributed by atoms with E-state index in [1.54, 1.807) is 0 Å². The zero-order valence-electron chi connectivity index (χ0n) is 13.2. The molecule has 0 aliphatic heterocycles. The standard InChI is InChI=1S/C16H26N2O3/c1-12(10-18-15(20)21-16(2,3)4)17-11-14(19)13-8-6-5-7-9-13/h5-9,12,14,17,19H,10-11H2,1-4H3,(H,18,20). The number of rotatable bonds is 6. The summed E-state index contributed by atoms with van der Waals surface area (Å²) in [5, 5.41) is 15.9. The van der Waals surface area contributed by atoms with Crippen molar-refractivity contribution in [3.05, 3.63) is 35.9 Å². The predicted molar refractivity (Wildman–Crippen MR) is 83.1 cm³/mol. The molecule has 0 spiro atoms. The van der Waals surface area contributed by atoms with Gasteiger partial charge in [-0.15, -0.1) is 0 Å². The Bertz CT molecular complexity index is 429. The lowest BCUT2D eigenvalue weighted by Crippen LogP contribution is -2.42. The van der Waals surface area contributed by atoms with Gasteiger partial charge >= 0.3 is 6.09 Å². The van der Waals surface area contributed by atoms with Gasteiger partial charge in [-0.1, -0.05) is 30.3 Å². The van der Waals surface area contributed by atoms with Crippen molar-refractivity contribution in [2.24, 2.45) is 0 Å². The molecular weight excluding hydrogens is 268 g/mol. The van der Waals surface area contributed by atoms with Gasteiger partial charge in [0.05, 0.1) is 6.10 Å².